The Morgan fingerprint density at radius 1 is 0.979 bits per heavy atom. The number of anilines is 2. The van der Waals surface area contributed by atoms with Crippen LogP contribution in [0.1, 0.15) is 50.9 Å². The summed E-state index contributed by atoms with van der Waals surface area (Å²) >= 11 is 0. The molecule has 0 saturated heterocycles. The first-order chi connectivity index (χ1) is 22.4. The summed E-state index contributed by atoms with van der Waals surface area (Å²) in [7, 11) is -3.90. The summed E-state index contributed by atoms with van der Waals surface area (Å²) in [5, 5.41) is 20.4. The second-order valence-electron chi connectivity index (χ2n) is 10.7. The summed E-state index contributed by atoms with van der Waals surface area (Å²) in [6.07, 6.45) is -3.52. The van der Waals surface area contributed by atoms with Crippen molar-refractivity contribution in [3.8, 4) is 11.5 Å². The third-order valence-electron chi connectivity index (χ3n) is 6.62. The maximum absolute atomic E-state index is 13.8. The lowest BCUT2D eigenvalue weighted by Gasteiger charge is -2.24. The minimum atomic E-state index is -5.08. The zero-order chi connectivity index (χ0) is 35.8. The molecule has 1 aromatic heterocycles. The third-order valence-corrected chi connectivity index (χ3v) is 7.53. The fourth-order valence-corrected chi connectivity index (χ4v) is 4.99. The number of hydrogen-bond donors (Lipinski definition) is 5. The fraction of sp³-hybridized carbons (Fsp3) is 0.281. The van der Waals surface area contributed by atoms with Gasteiger partial charge in [-0.05, 0) is 92.7 Å². The van der Waals surface area contributed by atoms with E-state index in [4.69, 9.17) is 30.2 Å². The van der Waals surface area contributed by atoms with Gasteiger partial charge in [0.2, 0.25) is 15.9 Å². The Balaban J connectivity index is 0.000000804. The van der Waals surface area contributed by atoms with Crippen LogP contribution in [0.4, 0.5) is 24.7 Å². The van der Waals surface area contributed by atoms with Gasteiger partial charge in [-0.1, -0.05) is 18.2 Å². The lowest BCUT2D eigenvalue weighted by molar-refractivity contribution is -0.192. The molecule has 16 heteroatoms. The molecule has 0 aliphatic heterocycles. The average molecular weight is 692 g/mol. The number of nitrogens with one attached hydrogen (secondary N) is 2. The van der Waals surface area contributed by atoms with E-state index in [1.165, 1.54) is 12.1 Å². The normalized spacial score (nSPS) is 12.8. The topological polar surface area (TPSA) is 196 Å². The van der Waals surface area contributed by atoms with Crippen molar-refractivity contribution in [2.45, 2.75) is 57.0 Å². The number of halogens is 3. The van der Waals surface area contributed by atoms with E-state index in [1.54, 1.807) is 37.4 Å². The Labute approximate surface area is 275 Å². The van der Waals surface area contributed by atoms with E-state index < -0.39 is 34.3 Å². The number of carboxylic acids is 1. The van der Waals surface area contributed by atoms with Gasteiger partial charge >= 0.3 is 12.1 Å². The smallest absolute Gasteiger partial charge is 0.490 e. The number of hydrogen-bond acceptors (Lipinski definition) is 9. The average Bonchev–Trinajstić information content (AvgIpc) is 3.00. The molecule has 258 valence electrons. The van der Waals surface area contributed by atoms with Crippen LogP contribution in [0.25, 0.3) is 10.8 Å². The van der Waals surface area contributed by atoms with Crippen molar-refractivity contribution in [2.24, 2.45) is 5.14 Å². The number of carbonyl (C=O) groups excluding carboxylic acids is 1. The minimum absolute atomic E-state index is 0.0298. The van der Waals surface area contributed by atoms with Crippen LogP contribution in [0.2, 0.25) is 0 Å². The number of aliphatic carboxylic acids is 1. The van der Waals surface area contributed by atoms with Crippen LogP contribution in [-0.2, 0) is 19.6 Å². The van der Waals surface area contributed by atoms with Gasteiger partial charge in [0.1, 0.15) is 11.9 Å². The van der Waals surface area contributed by atoms with Crippen LogP contribution < -0.4 is 31.0 Å². The van der Waals surface area contributed by atoms with Crippen LogP contribution in [0, 0.1) is 0 Å². The Morgan fingerprint density at radius 2 is 1.67 bits per heavy atom. The summed E-state index contributed by atoms with van der Waals surface area (Å²) < 4.78 is 67.2. The highest BCUT2D eigenvalue weighted by Crippen LogP contribution is 2.34. The number of primary sulfonamides is 1. The standard InChI is InChI=1S/C30H35N5O5S.C2HF3O2/c1-5-39-27-17-22(9-12-26(27)40-18(2)3)28(35-23-10-11-25-21(15-23)13-14-33-29(25)31)30(36)34-19(4)20-7-6-8-24(16-20)41(32,37)38;3-2(4,5)1(6)7/h6-19,28,35H,5H2,1-4H3,(H2,31,33)(H,34,36)(H2,32,37,38);(H,6,7). The van der Waals surface area contributed by atoms with Gasteiger partial charge in [0.25, 0.3) is 0 Å². The molecule has 0 fully saturated rings. The lowest BCUT2D eigenvalue weighted by atomic mass is 10.0. The Morgan fingerprint density at radius 3 is 2.27 bits per heavy atom. The molecule has 0 radical (unpaired) electrons. The molecule has 0 aliphatic rings. The van der Waals surface area contributed by atoms with E-state index in [0.29, 0.717) is 40.7 Å². The number of benzene rings is 3. The van der Waals surface area contributed by atoms with E-state index in [1.807, 2.05) is 51.1 Å². The summed E-state index contributed by atoms with van der Waals surface area (Å²) in [6, 6.07) is 17.6. The second-order valence-corrected chi connectivity index (χ2v) is 12.2. The molecule has 0 bridgehead atoms. The molecular weight excluding hydrogens is 655 g/mol. The van der Waals surface area contributed by atoms with Gasteiger partial charge in [-0.25, -0.2) is 23.3 Å². The van der Waals surface area contributed by atoms with Crippen LogP contribution >= 0.6 is 0 Å². The van der Waals surface area contributed by atoms with E-state index in [0.717, 1.165) is 10.8 Å². The first-order valence-electron chi connectivity index (χ1n) is 14.5. The van der Waals surface area contributed by atoms with Crippen LogP contribution in [-0.4, -0.2) is 49.3 Å². The van der Waals surface area contributed by atoms with Crippen molar-refractivity contribution in [1.29, 1.82) is 0 Å². The highest BCUT2D eigenvalue weighted by atomic mass is 32.2. The van der Waals surface area contributed by atoms with Gasteiger partial charge < -0.3 is 30.9 Å². The third kappa shape index (κ3) is 10.2. The largest absolute Gasteiger partial charge is 0.490 e. The molecule has 0 saturated carbocycles. The summed E-state index contributed by atoms with van der Waals surface area (Å²) in [5.74, 6) is -1.59. The summed E-state index contributed by atoms with van der Waals surface area (Å²) in [4.78, 5) is 26.8. The van der Waals surface area contributed by atoms with Gasteiger partial charge in [-0.2, -0.15) is 13.2 Å². The van der Waals surface area contributed by atoms with Crippen molar-refractivity contribution < 1.29 is 45.8 Å². The van der Waals surface area contributed by atoms with E-state index in [9.17, 15) is 26.4 Å². The molecule has 4 rings (SSSR count). The molecule has 1 heterocycles. The highest BCUT2D eigenvalue weighted by molar-refractivity contribution is 7.89. The SMILES string of the molecule is CCOc1cc(C(Nc2ccc3c(N)nccc3c2)C(=O)NC(C)c2cccc(S(N)(=O)=O)c2)ccc1OC(C)C.O=C(O)C(F)(F)F. The molecule has 7 N–H and O–H groups in total. The predicted octanol–water partition coefficient (Wildman–Crippen LogP) is 5.31. The van der Waals surface area contributed by atoms with Crippen molar-refractivity contribution in [3.05, 3.63) is 84.1 Å². The number of nitrogens with zero attached hydrogens (tertiary/aromatic N) is 1. The molecule has 4 aromatic rings. The number of nitrogens with two attached hydrogens (primary N) is 2. The molecule has 2 unspecified atom stereocenters. The zero-order valence-corrected chi connectivity index (χ0v) is 27.2. The molecule has 1 amide bonds. The van der Waals surface area contributed by atoms with Crippen molar-refractivity contribution in [1.82, 2.24) is 10.3 Å². The van der Waals surface area contributed by atoms with Crippen LogP contribution in [0.5, 0.6) is 11.5 Å². The predicted molar refractivity (Wildman–Crippen MR) is 174 cm³/mol. The molecule has 0 spiro atoms. The van der Waals surface area contributed by atoms with E-state index in [-0.39, 0.29) is 16.9 Å². The number of nitrogen functional groups attached to an aromatic ring is 1. The molecule has 0 aliphatic carbocycles. The Kier molecular flexibility index (Phi) is 12.2. The Bertz CT molecular complexity index is 1870. The second kappa shape index (κ2) is 15.7. The van der Waals surface area contributed by atoms with Gasteiger partial charge in [0.15, 0.2) is 11.5 Å². The van der Waals surface area contributed by atoms with Gasteiger partial charge in [-0.3, -0.25) is 4.79 Å². The molecule has 12 nitrogen and oxygen atoms in total. The van der Waals surface area contributed by atoms with Gasteiger partial charge in [0.05, 0.1) is 23.6 Å². The van der Waals surface area contributed by atoms with Gasteiger partial charge in [-0.15, -0.1) is 0 Å². The number of carboxylic acid groups (broad SMARTS) is 1. The summed E-state index contributed by atoms with van der Waals surface area (Å²) in [5.41, 5.74) is 7.94. The number of fused-ring (bicyclic) bond motifs is 1. The highest BCUT2D eigenvalue weighted by Gasteiger charge is 2.38. The number of alkyl halides is 3. The van der Waals surface area contributed by atoms with Crippen LogP contribution in [0.15, 0.2) is 77.8 Å². The molecular formula is C32H36F3N5O7S. The van der Waals surface area contributed by atoms with Crippen molar-refractivity contribution >= 4 is 44.2 Å². The van der Waals surface area contributed by atoms with Gasteiger partial charge in [0, 0.05) is 17.3 Å². The molecule has 2 atom stereocenters. The molecule has 3 aromatic carbocycles. The maximum atomic E-state index is 13.8. The Hall–Kier alpha value is -5.09. The monoisotopic (exact) mass is 691 g/mol. The number of pyridine rings is 1. The number of rotatable bonds is 11. The first kappa shape index (κ1) is 37.4. The number of amides is 1. The van der Waals surface area contributed by atoms with E-state index in [2.05, 4.69) is 15.6 Å². The van der Waals surface area contributed by atoms with E-state index >= 15 is 0 Å². The summed E-state index contributed by atoms with van der Waals surface area (Å²) in [6.45, 7) is 7.92. The first-order valence-corrected chi connectivity index (χ1v) is 16.0. The number of carbonyl (C=O) groups is 2. The number of sulfonamides is 1. The zero-order valence-electron chi connectivity index (χ0n) is 26.4. The number of aromatic nitrogens is 1. The van der Waals surface area contributed by atoms with Crippen LogP contribution in [0.3, 0.4) is 0 Å². The lowest BCUT2D eigenvalue weighted by Crippen LogP contribution is -2.35. The van der Waals surface area contributed by atoms with Crippen molar-refractivity contribution in [3.63, 3.8) is 0 Å². The van der Waals surface area contributed by atoms with Crippen molar-refractivity contribution in [2.75, 3.05) is 17.7 Å². The number of ether oxygens (including phenoxy) is 2. The quantitative estimate of drug-likeness (QED) is 0.137. The maximum Gasteiger partial charge on any atom is 0.490 e. The minimum Gasteiger partial charge on any atom is -0.490 e. The fourth-order valence-electron chi connectivity index (χ4n) is 4.42. The molecule has 48 heavy (non-hydrogen) atoms.